The molecule has 0 radical (unpaired) electrons. The molecule has 0 saturated heterocycles. The molecule has 0 fully saturated rings. The van der Waals surface area contributed by atoms with Gasteiger partial charge >= 0.3 is 0 Å². The van der Waals surface area contributed by atoms with Gasteiger partial charge in [-0.1, -0.05) is 6.07 Å². The zero-order chi connectivity index (χ0) is 13.6. The van der Waals surface area contributed by atoms with Gasteiger partial charge in [-0.2, -0.15) is 0 Å². The largest absolute Gasteiger partial charge is 0.492 e. The molecule has 0 unspecified atom stereocenters. The van der Waals surface area contributed by atoms with Crippen LogP contribution in [0.2, 0.25) is 0 Å². The van der Waals surface area contributed by atoms with Crippen LogP contribution in [-0.2, 0) is 14.8 Å². The number of hydrogen-bond donors (Lipinski definition) is 1. The van der Waals surface area contributed by atoms with Gasteiger partial charge in [0, 0.05) is 19.6 Å². The Morgan fingerprint density at radius 2 is 2.00 bits per heavy atom. The normalized spacial score (nSPS) is 11.5. The maximum Gasteiger partial charge on any atom is 0.241 e. The monoisotopic (exact) mass is 273 g/mol. The summed E-state index contributed by atoms with van der Waals surface area (Å²) >= 11 is 0. The summed E-state index contributed by atoms with van der Waals surface area (Å²) in [4.78, 5) is 0.0268. The van der Waals surface area contributed by atoms with Crippen molar-refractivity contribution in [1.29, 1.82) is 0 Å². The fraction of sp³-hybridized carbons (Fsp3) is 0.500. The quantitative estimate of drug-likeness (QED) is 0.763. The van der Waals surface area contributed by atoms with E-state index in [1.165, 1.54) is 6.07 Å². The molecular weight excluding hydrogens is 254 g/mol. The van der Waals surface area contributed by atoms with Gasteiger partial charge in [-0.3, -0.25) is 0 Å². The number of aryl methyl sites for hydroxylation is 1. The van der Waals surface area contributed by atoms with Crippen molar-refractivity contribution < 1.29 is 17.9 Å². The number of primary sulfonamides is 1. The highest BCUT2D eigenvalue weighted by Gasteiger charge is 2.15. The molecule has 0 atom stereocenters. The molecule has 102 valence electrons. The van der Waals surface area contributed by atoms with E-state index in [9.17, 15) is 8.42 Å². The Bertz CT molecular complexity index is 485. The van der Waals surface area contributed by atoms with Gasteiger partial charge in [0.1, 0.15) is 10.6 Å². The summed E-state index contributed by atoms with van der Waals surface area (Å²) in [7, 11) is -3.76. The fourth-order valence-electron chi connectivity index (χ4n) is 1.44. The van der Waals surface area contributed by atoms with E-state index in [2.05, 4.69) is 0 Å². The minimum Gasteiger partial charge on any atom is -0.492 e. The molecule has 0 saturated carbocycles. The summed E-state index contributed by atoms with van der Waals surface area (Å²) in [5.74, 6) is 0.291. The van der Waals surface area contributed by atoms with Crippen molar-refractivity contribution in [2.45, 2.75) is 25.2 Å². The van der Waals surface area contributed by atoms with E-state index >= 15 is 0 Å². The van der Waals surface area contributed by atoms with Crippen LogP contribution in [0.4, 0.5) is 0 Å². The van der Waals surface area contributed by atoms with Crippen molar-refractivity contribution in [3.63, 3.8) is 0 Å². The van der Waals surface area contributed by atoms with Crippen molar-refractivity contribution in [3.05, 3.63) is 23.8 Å². The third-order valence-electron chi connectivity index (χ3n) is 2.30. The second kappa shape index (κ2) is 6.72. The molecule has 18 heavy (non-hydrogen) atoms. The number of hydrogen-bond acceptors (Lipinski definition) is 4. The van der Waals surface area contributed by atoms with Gasteiger partial charge in [0.15, 0.2) is 0 Å². The molecule has 0 amide bonds. The van der Waals surface area contributed by atoms with Crippen LogP contribution in [0.15, 0.2) is 23.1 Å². The third-order valence-corrected chi connectivity index (χ3v) is 3.23. The minimum absolute atomic E-state index is 0.0268. The van der Waals surface area contributed by atoms with E-state index in [1.54, 1.807) is 19.1 Å². The molecular formula is C12H19NO4S. The lowest BCUT2D eigenvalue weighted by Crippen LogP contribution is -2.14. The van der Waals surface area contributed by atoms with Crippen LogP contribution in [0.5, 0.6) is 5.75 Å². The molecule has 6 heteroatoms. The van der Waals surface area contributed by atoms with Crippen LogP contribution >= 0.6 is 0 Å². The maximum atomic E-state index is 11.4. The Morgan fingerprint density at radius 1 is 1.28 bits per heavy atom. The molecule has 0 aliphatic rings. The summed E-state index contributed by atoms with van der Waals surface area (Å²) in [6.45, 7) is 5.36. The van der Waals surface area contributed by atoms with Gasteiger partial charge < -0.3 is 9.47 Å². The fourth-order valence-corrected chi connectivity index (χ4v) is 2.20. The third kappa shape index (κ3) is 4.64. The lowest BCUT2D eigenvalue weighted by molar-refractivity contribution is 0.130. The van der Waals surface area contributed by atoms with Crippen molar-refractivity contribution >= 4 is 10.0 Å². The highest BCUT2D eigenvalue weighted by molar-refractivity contribution is 7.89. The van der Waals surface area contributed by atoms with E-state index < -0.39 is 10.0 Å². The van der Waals surface area contributed by atoms with E-state index in [0.29, 0.717) is 32.0 Å². The standard InChI is InChI=1S/C12H19NO4S/c1-3-16-7-4-8-17-11-6-5-10(2)9-12(11)18(13,14)15/h5-6,9H,3-4,7-8H2,1-2H3,(H2,13,14,15). The highest BCUT2D eigenvalue weighted by atomic mass is 32.2. The molecule has 5 nitrogen and oxygen atoms in total. The van der Waals surface area contributed by atoms with Gasteiger partial charge in [-0.05, 0) is 31.5 Å². The first kappa shape index (κ1) is 14.9. The molecule has 0 aliphatic heterocycles. The Labute approximate surface area is 108 Å². The minimum atomic E-state index is -3.76. The molecule has 1 rings (SSSR count). The van der Waals surface area contributed by atoms with Gasteiger partial charge in [-0.25, -0.2) is 13.6 Å². The summed E-state index contributed by atoms with van der Waals surface area (Å²) in [5.41, 5.74) is 0.820. The zero-order valence-electron chi connectivity index (χ0n) is 10.7. The van der Waals surface area contributed by atoms with Crippen molar-refractivity contribution in [2.75, 3.05) is 19.8 Å². The van der Waals surface area contributed by atoms with Gasteiger partial charge in [0.05, 0.1) is 6.61 Å². The molecule has 1 aromatic rings. The first-order valence-electron chi connectivity index (χ1n) is 5.79. The molecule has 1 aromatic carbocycles. The number of nitrogens with two attached hydrogens (primary N) is 1. The number of sulfonamides is 1. The Morgan fingerprint density at radius 3 is 2.61 bits per heavy atom. The lowest BCUT2D eigenvalue weighted by atomic mass is 10.2. The van der Waals surface area contributed by atoms with Crippen molar-refractivity contribution in [1.82, 2.24) is 0 Å². The molecule has 0 aliphatic carbocycles. The first-order chi connectivity index (χ1) is 8.45. The first-order valence-corrected chi connectivity index (χ1v) is 7.33. The van der Waals surface area contributed by atoms with Crippen LogP contribution in [0, 0.1) is 6.92 Å². The zero-order valence-corrected chi connectivity index (χ0v) is 11.5. The van der Waals surface area contributed by atoms with E-state index in [1.807, 2.05) is 6.92 Å². The van der Waals surface area contributed by atoms with Crippen LogP contribution in [0.25, 0.3) is 0 Å². The van der Waals surface area contributed by atoms with Crippen LogP contribution in [0.3, 0.4) is 0 Å². The maximum absolute atomic E-state index is 11.4. The molecule has 0 bridgehead atoms. The summed E-state index contributed by atoms with van der Waals surface area (Å²) in [5, 5.41) is 5.15. The van der Waals surface area contributed by atoms with Gasteiger partial charge in [0.25, 0.3) is 0 Å². The molecule has 2 N–H and O–H groups in total. The molecule has 0 aromatic heterocycles. The second-order valence-corrected chi connectivity index (χ2v) is 5.42. The Hall–Kier alpha value is -1.11. The SMILES string of the molecule is CCOCCCOc1ccc(C)cc1S(N)(=O)=O. The summed E-state index contributed by atoms with van der Waals surface area (Å²) < 4.78 is 33.4. The van der Waals surface area contributed by atoms with E-state index in [0.717, 1.165) is 5.56 Å². The summed E-state index contributed by atoms with van der Waals surface area (Å²) in [6.07, 6.45) is 0.700. The Kier molecular flexibility index (Phi) is 5.58. The van der Waals surface area contributed by atoms with Crippen LogP contribution in [0.1, 0.15) is 18.9 Å². The predicted octanol–water partition coefficient (Wildman–Crippen LogP) is 1.45. The predicted molar refractivity (Wildman–Crippen MR) is 69.2 cm³/mol. The summed E-state index contributed by atoms with van der Waals surface area (Å²) in [6, 6.07) is 4.91. The number of rotatable bonds is 7. The van der Waals surface area contributed by atoms with Crippen molar-refractivity contribution in [3.8, 4) is 5.75 Å². The van der Waals surface area contributed by atoms with Crippen LogP contribution in [-0.4, -0.2) is 28.2 Å². The van der Waals surface area contributed by atoms with Gasteiger partial charge in [0.2, 0.25) is 10.0 Å². The Balaban J connectivity index is 2.71. The van der Waals surface area contributed by atoms with E-state index in [4.69, 9.17) is 14.6 Å². The van der Waals surface area contributed by atoms with Crippen LogP contribution < -0.4 is 9.88 Å². The average molecular weight is 273 g/mol. The number of benzene rings is 1. The number of ether oxygens (including phenoxy) is 2. The average Bonchev–Trinajstić information content (AvgIpc) is 2.29. The lowest BCUT2D eigenvalue weighted by Gasteiger charge is -2.10. The van der Waals surface area contributed by atoms with E-state index in [-0.39, 0.29) is 4.90 Å². The van der Waals surface area contributed by atoms with Gasteiger partial charge in [-0.15, -0.1) is 0 Å². The molecule has 0 heterocycles. The molecule has 0 spiro atoms. The van der Waals surface area contributed by atoms with Crippen molar-refractivity contribution in [2.24, 2.45) is 5.14 Å². The highest BCUT2D eigenvalue weighted by Crippen LogP contribution is 2.23. The topological polar surface area (TPSA) is 78.6 Å². The smallest absolute Gasteiger partial charge is 0.241 e. The second-order valence-electron chi connectivity index (χ2n) is 3.89.